The van der Waals surface area contributed by atoms with Crippen molar-refractivity contribution in [2.75, 3.05) is 0 Å². The molecule has 0 aromatic heterocycles. The van der Waals surface area contributed by atoms with Gasteiger partial charge in [-0.1, -0.05) is 0 Å². The van der Waals surface area contributed by atoms with Crippen LogP contribution < -0.4 is 4.74 Å². The molecule has 0 heterocycles. The van der Waals surface area contributed by atoms with Gasteiger partial charge in [-0.25, -0.2) is 0 Å². The largest absolute Gasteiger partial charge is 0.573 e. The predicted octanol–water partition coefficient (Wildman–Crippen LogP) is 2.68. The number of nitro groups is 1. The zero-order valence-electron chi connectivity index (χ0n) is 7.25. The topological polar surface area (TPSA) is 52.4 Å². The lowest BCUT2D eigenvalue weighted by Gasteiger charge is -2.08. The predicted molar refractivity (Wildman–Crippen MR) is 44.2 cm³/mol. The van der Waals surface area contributed by atoms with Gasteiger partial charge in [0.25, 0.3) is 5.69 Å². The van der Waals surface area contributed by atoms with Gasteiger partial charge in [0, 0.05) is 6.07 Å². The summed E-state index contributed by atoms with van der Waals surface area (Å²) in [6.45, 7) is 3.30. The third-order valence-corrected chi connectivity index (χ3v) is 1.40. The van der Waals surface area contributed by atoms with Gasteiger partial charge in [0.2, 0.25) is 0 Å². The summed E-state index contributed by atoms with van der Waals surface area (Å²) in [5.74, 6) is -0.651. The Morgan fingerprint density at radius 3 is 2.40 bits per heavy atom. The molecule has 0 amide bonds. The monoisotopic (exact) mass is 220 g/mol. The molecule has 0 bridgehead atoms. The molecule has 0 aliphatic carbocycles. The Bertz CT molecular complexity index is 389. The van der Waals surface area contributed by atoms with Gasteiger partial charge in [-0.15, -0.1) is 13.2 Å². The lowest BCUT2D eigenvalue weighted by Crippen LogP contribution is -2.17. The van der Waals surface area contributed by atoms with Crippen molar-refractivity contribution < 1.29 is 22.8 Å². The summed E-state index contributed by atoms with van der Waals surface area (Å²) in [6.07, 6.45) is -4.87. The first-order chi connectivity index (χ1) is 6.78. The number of alkyl halides is 3. The normalized spacial score (nSPS) is 11.2. The van der Waals surface area contributed by atoms with E-state index in [0.717, 1.165) is 12.1 Å². The van der Waals surface area contributed by atoms with Gasteiger partial charge in [-0.2, -0.15) is 0 Å². The van der Waals surface area contributed by atoms with E-state index < -0.39 is 22.7 Å². The van der Waals surface area contributed by atoms with Crippen LogP contribution in [0.3, 0.4) is 0 Å². The first kappa shape index (κ1) is 11.3. The Kier molecular flexibility index (Phi) is 2.83. The molecule has 0 saturated carbocycles. The molecule has 0 N–H and O–H groups in total. The summed E-state index contributed by atoms with van der Waals surface area (Å²) < 4.78 is 38.9. The fraction of sp³-hybridized carbons (Fsp3) is 0.125. The van der Waals surface area contributed by atoms with Crippen molar-refractivity contribution in [3.05, 3.63) is 40.8 Å². The molecule has 7 heteroatoms. The zero-order valence-corrected chi connectivity index (χ0v) is 7.25. The van der Waals surface area contributed by atoms with Crippen LogP contribution in [0.4, 0.5) is 18.9 Å². The van der Waals surface area contributed by atoms with Gasteiger partial charge in [-0.05, 0) is 18.6 Å². The number of nitrogens with zero attached hydrogens (tertiary/aromatic N) is 1. The molecule has 1 aromatic carbocycles. The van der Waals surface area contributed by atoms with Crippen LogP contribution in [0.1, 0.15) is 5.56 Å². The molecule has 0 spiro atoms. The summed E-state index contributed by atoms with van der Waals surface area (Å²) in [4.78, 5) is 9.49. The molecule has 81 valence electrons. The SMILES string of the molecule is [CH2]c1cc(OC(F)(F)F)cc([N+](=O)[O-])c1. The van der Waals surface area contributed by atoms with E-state index in [-0.39, 0.29) is 5.56 Å². The summed E-state index contributed by atoms with van der Waals surface area (Å²) in [5, 5.41) is 10.3. The molecule has 1 rings (SSSR count). The fourth-order valence-corrected chi connectivity index (χ4v) is 0.941. The highest BCUT2D eigenvalue weighted by atomic mass is 19.4. The number of hydrogen-bond acceptors (Lipinski definition) is 3. The number of halogens is 3. The second kappa shape index (κ2) is 3.76. The van der Waals surface area contributed by atoms with Crippen LogP contribution in [0, 0.1) is 17.0 Å². The summed E-state index contributed by atoms with van der Waals surface area (Å²) in [5.41, 5.74) is -0.426. The van der Waals surface area contributed by atoms with Crippen LogP contribution in [0.2, 0.25) is 0 Å². The molecule has 0 aliphatic rings. The Hall–Kier alpha value is -1.79. The minimum atomic E-state index is -4.87. The standard InChI is InChI=1S/C8H5F3NO3/c1-5-2-6(12(13)14)4-7(3-5)15-8(9,10)11/h2-4H,1H2. The highest BCUT2D eigenvalue weighted by molar-refractivity contribution is 5.43. The maximum atomic E-state index is 11.8. The van der Waals surface area contributed by atoms with Crippen molar-refractivity contribution in [2.45, 2.75) is 6.36 Å². The minimum Gasteiger partial charge on any atom is -0.406 e. The highest BCUT2D eigenvalue weighted by Gasteiger charge is 2.31. The maximum absolute atomic E-state index is 11.8. The van der Waals surface area contributed by atoms with Crippen LogP contribution in [-0.4, -0.2) is 11.3 Å². The Balaban J connectivity index is 3.04. The van der Waals surface area contributed by atoms with E-state index >= 15 is 0 Å². The average molecular weight is 220 g/mol. The Labute approximate surface area is 82.4 Å². The molecule has 0 aliphatic heterocycles. The van der Waals surface area contributed by atoms with E-state index in [4.69, 9.17) is 0 Å². The van der Waals surface area contributed by atoms with Gasteiger partial charge in [-0.3, -0.25) is 10.1 Å². The first-order valence-electron chi connectivity index (χ1n) is 3.65. The van der Waals surface area contributed by atoms with Crippen molar-refractivity contribution in [3.63, 3.8) is 0 Å². The molecule has 1 radical (unpaired) electrons. The van der Waals surface area contributed by atoms with Crippen LogP contribution >= 0.6 is 0 Å². The van der Waals surface area contributed by atoms with Crippen molar-refractivity contribution in [1.82, 2.24) is 0 Å². The van der Waals surface area contributed by atoms with Crippen molar-refractivity contribution >= 4 is 5.69 Å². The lowest BCUT2D eigenvalue weighted by atomic mass is 10.2. The third kappa shape index (κ3) is 3.45. The molecule has 0 saturated heterocycles. The third-order valence-electron chi connectivity index (χ3n) is 1.40. The molecule has 0 fully saturated rings. The zero-order chi connectivity index (χ0) is 11.6. The van der Waals surface area contributed by atoms with E-state index in [1.54, 1.807) is 0 Å². The van der Waals surface area contributed by atoms with Crippen LogP contribution in [0.5, 0.6) is 5.75 Å². The van der Waals surface area contributed by atoms with Gasteiger partial charge in [0.05, 0.1) is 11.0 Å². The van der Waals surface area contributed by atoms with E-state index in [1.807, 2.05) is 0 Å². The van der Waals surface area contributed by atoms with Gasteiger partial charge in [0.1, 0.15) is 5.75 Å². The van der Waals surface area contributed by atoms with E-state index in [0.29, 0.717) is 6.07 Å². The molecular formula is C8H5F3NO3. The molecule has 15 heavy (non-hydrogen) atoms. The maximum Gasteiger partial charge on any atom is 0.573 e. The van der Waals surface area contributed by atoms with Crippen molar-refractivity contribution in [3.8, 4) is 5.75 Å². The highest BCUT2D eigenvalue weighted by Crippen LogP contribution is 2.27. The van der Waals surface area contributed by atoms with E-state index in [1.165, 1.54) is 0 Å². The smallest absolute Gasteiger partial charge is 0.406 e. The summed E-state index contributed by atoms with van der Waals surface area (Å²) in [7, 11) is 0. The quantitative estimate of drug-likeness (QED) is 0.568. The van der Waals surface area contributed by atoms with Gasteiger partial charge >= 0.3 is 6.36 Å². The summed E-state index contributed by atoms with van der Waals surface area (Å²) in [6, 6.07) is 2.69. The molecule has 1 aromatic rings. The van der Waals surface area contributed by atoms with E-state index in [9.17, 15) is 23.3 Å². The van der Waals surface area contributed by atoms with E-state index in [2.05, 4.69) is 11.7 Å². The molecule has 0 atom stereocenters. The van der Waals surface area contributed by atoms with Gasteiger partial charge in [0.15, 0.2) is 0 Å². The fourth-order valence-electron chi connectivity index (χ4n) is 0.941. The number of non-ortho nitro benzene ring substituents is 1. The van der Waals surface area contributed by atoms with Gasteiger partial charge < -0.3 is 4.74 Å². The Morgan fingerprint density at radius 2 is 1.93 bits per heavy atom. The Morgan fingerprint density at radius 1 is 1.33 bits per heavy atom. The second-order valence-electron chi connectivity index (χ2n) is 2.64. The number of ether oxygens (including phenoxy) is 1. The molecule has 0 unspecified atom stereocenters. The number of nitro benzene ring substituents is 1. The van der Waals surface area contributed by atoms with Crippen molar-refractivity contribution in [1.29, 1.82) is 0 Å². The first-order valence-corrected chi connectivity index (χ1v) is 3.65. The lowest BCUT2D eigenvalue weighted by molar-refractivity contribution is -0.385. The number of rotatable bonds is 2. The number of hydrogen-bond donors (Lipinski definition) is 0. The minimum absolute atomic E-state index is 0.0726. The van der Waals surface area contributed by atoms with Crippen LogP contribution in [0.25, 0.3) is 0 Å². The molecular weight excluding hydrogens is 215 g/mol. The summed E-state index contributed by atoms with van der Waals surface area (Å²) >= 11 is 0. The van der Waals surface area contributed by atoms with Crippen LogP contribution in [-0.2, 0) is 0 Å². The molecule has 4 nitrogen and oxygen atoms in total. The van der Waals surface area contributed by atoms with Crippen molar-refractivity contribution in [2.24, 2.45) is 0 Å². The number of benzene rings is 1. The average Bonchev–Trinajstić information content (AvgIpc) is 1.99. The second-order valence-corrected chi connectivity index (χ2v) is 2.64. The van der Waals surface area contributed by atoms with Crippen LogP contribution in [0.15, 0.2) is 18.2 Å².